The molecule has 0 bridgehead atoms. The number of likely N-dealkylation sites (tertiary alicyclic amines) is 1. The smallest absolute Gasteiger partial charge is 0.328 e. The van der Waals surface area contributed by atoms with Crippen LogP contribution in [0.15, 0.2) is 0 Å². The molecule has 0 aliphatic carbocycles. The van der Waals surface area contributed by atoms with Crippen molar-refractivity contribution in [3.63, 3.8) is 0 Å². The van der Waals surface area contributed by atoms with Crippen molar-refractivity contribution < 1.29 is 14.5 Å². The van der Waals surface area contributed by atoms with Gasteiger partial charge in [0.05, 0.1) is 13.1 Å². The van der Waals surface area contributed by atoms with Crippen LogP contribution in [0.2, 0.25) is 0 Å². The molecule has 2 saturated heterocycles. The molecule has 0 aromatic carbocycles. The van der Waals surface area contributed by atoms with E-state index in [1.807, 2.05) is 0 Å². The van der Waals surface area contributed by atoms with E-state index in [9.17, 15) is 9.59 Å². The summed E-state index contributed by atoms with van der Waals surface area (Å²) in [7, 11) is 0. The summed E-state index contributed by atoms with van der Waals surface area (Å²) in [5.74, 6) is 0.0114. The maximum atomic E-state index is 12.2. The SMILES string of the molecule is CCCCCC[C@H]1CC(=O)N(C[NH+]2CCCCC2)C(=O)N1. The van der Waals surface area contributed by atoms with Gasteiger partial charge in [0.1, 0.15) is 0 Å². The van der Waals surface area contributed by atoms with Crippen molar-refractivity contribution in [1.82, 2.24) is 10.2 Å². The number of nitrogens with zero attached hydrogens (tertiary/aromatic N) is 1. The van der Waals surface area contributed by atoms with Crippen LogP contribution in [0.3, 0.4) is 0 Å². The highest BCUT2D eigenvalue weighted by atomic mass is 16.2. The molecule has 1 atom stereocenters. The zero-order valence-electron chi connectivity index (χ0n) is 13.3. The number of hydrogen-bond donors (Lipinski definition) is 2. The van der Waals surface area contributed by atoms with Crippen LogP contribution in [0.4, 0.5) is 4.79 Å². The molecule has 2 heterocycles. The van der Waals surface area contributed by atoms with Crippen LogP contribution < -0.4 is 10.2 Å². The fourth-order valence-electron chi connectivity index (χ4n) is 3.32. The van der Waals surface area contributed by atoms with Crippen LogP contribution >= 0.6 is 0 Å². The Kier molecular flexibility index (Phi) is 6.49. The summed E-state index contributed by atoms with van der Waals surface area (Å²) >= 11 is 0. The summed E-state index contributed by atoms with van der Waals surface area (Å²) in [5.41, 5.74) is 0. The highest BCUT2D eigenvalue weighted by Gasteiger charge is 2.34. The molecule has 2 aliphatic heterocycles. The van der Waals surface area contributed by atoms with Crippen LogP contribution in [-0.4, -0.2) is 42.6 Å². The lowest BCUT2D eigenvalue weighted by atomic mass is 10.0. The van der Waals surface area contributed by atoms with Gasteiger partial charge < -0.3 is 10.2 Å². The van der Waals surface area contributed by atoms with E-state index in [4.69, 9.17) is 0 Å². The molecular weight excluding hydrogens is 266 g/mol. The molecule has 120 valence electrons. The van der Waals surface area contributed by atoms with Crippen LogP contribution in [-0.2, 0) is 4.79 Å². The minimum absolute atomic E-state index is 0.0114. The van der Waals surface area contributed by atoms with E-state index in [2.05, 4.69) is 12.2 Å². The molecule has 0 radical (unpaired) electrons. The van der Waals surface area contributed by atoms with E-state index in [1.54, 1.807) is 0 Å². The summed E-state index contributed by atoms with van der Waals surface area (Å²) in [6.45, 7) is 4.90. The number of piperidine rings is 1. The molecular formula is C16H30N3O2+. The molecule has 3 amide bonds. The summed E-state index contributed by atoms with van der Waals surface area (Å²) in [6, 6.07) is -0.126. The average molecular weight is 296 g/mol. The molecule has 2 aliphatic rings. The Morgan fingerprint density at radius 2 is 1.90 bits per heavy atom. The molecule has 2 fully saturated rings. The van der Waals surface area contributed by atoms with Gasteiger partial charge in [-0.3, -0.25) is 4.79 Å². The highest BCUT2D eigenvalue weighted by molar-refractivity contribution is 5.97. The van der Waals surface area contributed by atoms with Crippen LogP contribution in [0.25, 0.3) is 0 Å². The Bertz CT molecular complexity index is 335. The monoisotopic (exact) mass is 296 g/mol. The molecule has 5 nitrogen and oxygen atoms in total. The van der Waals surface area contributed by atoms with Gasteiger partial charge in [0, 0.05) is 12.5 Å². The first kappa shape index (κ1) is 16.3. The maximum Gasteiger partial charge on any atom is 0.328 e. The number of quaternary nitrogens is 1. The van der Waals surface area contributed by atoms with Crippen molar-refractivity contribution in [3.8, 4) is 0 Å². The standard InChI is InChI=1S/C16H29N3O2/c1-2-3-4-6-9-14-12-15(20)19(16(21)17-14)13-18-10-7-5-8-11-18/h14H,2-13H2,1H3,(H,17,21)/p+1/t14-/m0/s1. The number of urea groups is 1. The largest absolute Gasteiger partial charge is 0.334 e. The van der Waals surface area contributed by atoms with Gasteiger partial charge in [0.15, 0.2) is 6.67 Å². The maximum absolute atomic E-state index is 12.2. The molecule has 2 N–H and O–H groups in total. The number of unbranched alkanes of at least 4 members (excludes halogenated alkanes) is 3. The lowest BCUT2D eigenvalue weighted by Gasteiger charge is -2.34. The van der Waals surface area contributed by atoms with Crippen molar-refractivity contribution in [3.05, 3.63) is 0 Å². The molecule has 0 spiro atoms. The minimum atomic E-state index is -0.176. The van der Waals surface area contributed by atoms with Gasteiger partial charge in [-0.25, -0.2) is 9.69 Å². The Morgan fingerprint density at radius 1 is 1.14 bits per heavy atom. The second-order valence-electron chi connectivity index (χ2n) is 6.49. The normalized spacial score (nSPS) is 24.2. The first-order valence-electron chi connectivity index (χ1n) is 8.65. The van der Waals surface area contributed by atoms with Gasteiger partial charge in [0.2, 0.25) is 5.91 Å². The van der Waals surface area contributed by atoms with Crippen LogP contribution in [0, 0.1) is 0 Å². The summed E-state index contributed by atoms with van der Waals surface area (Å²) < 4.78 is 0. The topological polar surface area (TPSA) is 53.9 Å². The first-order valence-corrected chi connectivity index (χ1v) is 8.65. The molecule has 0 aromatic heterocycles. The lowest BCUT2D eigenvalue weighted by Crippen LogP contribution is -3.14. The molecule has 21 heavy (non-hydrogen) atoms. The molecule has 0 saturated carbocycles. The summed E-state index contributed by atoms with van der Waals surface area (Å²) in [5, 5.41) is 3.02. The number of hydrogen-bond acceptors (Lipinski definition) is 2. The third-order valence-electron chi connectivity index (χ3n) is 4.64. The van der Waals surface area contributed by atoms with Gasteiger partial charge in [-0.1, -0.05) is 32.6 Å². The number of carbonyl (C=O) groups excluding carboxylic acids is 2. The van der Waals surface area contributed by atoms with Crippen molar-refractivity contribution in [2.45, 2.75) is 70.8 Å². The Labute approximate surface area is 128 Å². The molecule has 5 heteroatoms. The van der Waals surface area contributed by atoms with Gasteiger partial charge in [-0.05, 0) is 25.7 Å². The third-order valence-corrected chi connectivity index (χ3v) is 4.64. The molecule has 2 rings (SSSR count). The fourth-order valence-corrected chi connectivity index (χ4v) is 3.32. The number of amides is 3. The zero-order chi connectivity index (χ0) is 15.1. The van der Waals surface area contributed by atoms with E-state index in [1.165, 1.54) is 48.3 Å². The predicted molar refractivity (Wildman–Crippen MR) is 82.0 cm³/mol. The summed E-state index contributed by atoms with van der Waals surface area (Å²) in [4.78, 5) is 27.2. The van der Waals surface area contributed by atoms with Gasteiger partial charge in [-0.2, -0.15) is 0 Å². The molecule has 0 unspecified atom stereocenters. The quantitative estimate of drug-likeness (QED) is 0.696. The number of imide groups is 1. The van der Waals surface area contributed by atoms with E-state index in [0.717, 1.165) is 25.9 Å². The Morgan fingerprint density at radius 3 is 2.57 bits per heavy atom. The van der Waals surface area contributed by atoms with Crippen molar-refractivity contribution >= 4 is 11.9 Å². The van der Waals surface area contributed by atoms with Gasteiger partial charge in [0.25, 0.3) is 0 Å². The van der Waals surface area contributed by atoms with Gasteiger partial charge in [-0.15, -0.1) is 0 Å². The lowest BCUT2D eigenvalue weighted by molar-refractivity contribution is -0.912. The van der Waals surface area contributed by atoms with E-state index in [0.29, 0.717) is 13.1 Å². The average Bonchev–Trinajstić information content (AvgIpc) is 2.48. The number of rotatable bonds is 7. The van der Waals surface area contributed by atoms with E-state index < -0.39 is 0 Å². The van der Waals surface area contributed by atoms with Gasteiger partial charge >= 0.3 is 6.03 Å². The van der Waals surface area contributed by atoms with Crippen molar-refractivity contribution in [1.29, 1.82) is 0 Å². The Balaban J connectivity index is 1.76. The third kappa shape index (κ3) is 4.99. The van der Waals surface area contributed by atoms with Crippen LogP contribution in [0.5, 0.6) is 0 Å². The second-order valence-corrected chi connectivity index (χ2v) is 6.49. The van der Waals surface area contributed by atoms with E-state index >= 15 is 0 Å². The highest BCUT2D eigenvalue weighted by Crippen LogP contribution is 2.13. The van der Waals surface area contributed by atoms with E-state index in [-0.39, 0.29) is 18.0 Å². The number of nitrogens with one attached hydrogen (secondary N) is 2. The first-order chi connectivity index (χ1) is 10.2. The van der Waals surface area contributed by atoms with Crippen molar-refractivity contribution in [2.75, 3.05) is 19.8 Å². The molecule has 0 aromatic rings. The van der Waals surface area contributed by atoms with Crippen molar-refractivity contribution in [2.24, 2.45) is 0 Å². The van der Waals surface area contributed by atoms with Crippen LogP contribution in [0.1, 0.15) is 64.7 Å². The zero-order valence-corrected chi connectivity index (χ0v) is 13.3. The summed E-state index contributed by atoms with van der Waals surface area (Å²) in [6.07, 6.45) is 9.85. The predicted octanol–water partition coefficient (Wildman–Crippen LogP) is 1.29. The minimum Gasteiger partial charge on any atom is -0.334 e. The Hall–Kier alpha value is -1.10. The second kappa shape index (κ2) is 8.37. The fraction of sp³-hybridized carbons (Fsp3) is 0.875. The number of carbonyl (C=O) groups is 2.